The van der Waals surface area contributed by atoms with E-state index in [2.05, 4.69) is 22.0 Å². The Labute approximate surface area is 144 Å². The second-order valence-corrected chi connectivity index (χ2v) is 7.25. The second kappa shape index (κ2) is 7.62. The quantitative estimate of drug-likeness (QED) is 0.867. The minimum absolute atomic E-state index is 0.0396. The van der Waals surface area contributed by atoms with Crippen LogP contribution in [0.15, 0.2) is 24.3 Å². The van der Waals surface area contributed by atoms with Gasteiger partial charge >= 0.3 is 0 Å². The summed E-state index contributed by atoms with van der Waals surface area (Å²) >= 11 is 0. The highest BCUT2D eigenvalue weighted by Crippen LogP contribution is 2.20. The van der Waals surface area contributed by atoms with E-state index in [-0.39, 0.29) is 17.8 Å². The van der Waals surface area contributed by atoms with E-state index in [1.807, 2.05) is 19.1 Å². The number of carbonyl (C=O) groups excluding carboxylic acids is 1. The monoisotopic (exact) mass is 333 g/mol. The Bertz CT molecular complexity index is 550. The third-order valence-corrected chi connectivity index (χ3v) is 5.23. The van der Waals surface area contributed by atoms with E-state index in [1.165, 1.54) is 17.7 Å². The van der Waals surface area contributed by atoms with Crippen LogP contribution in [0.5, 0.6) is 0 Å². The van der Waals surface area contributed by atoms with Gasteiger partial charge in [-0.2, -0.15) is 0 Å². The van der Waals surface area contributed by atoms with Crippen molar-refractivity contribution in [3.8, 4) is 0 Å². The van der Waals surface area contributed by atoms with Crippen molar-refractivity contribution in [3.63, 3.8) is 0 Å². The van der Waals surface area contributed by atoms with Crippen LogP contribution < -0.4 is 5.32 Å². The maximum atomic E-state index is 13.0. The number of nitrogens with zero attached hydrogens (tertiary/aromatic N) is 2. The van der Waals surface area contributed by atoms with Gasteiger partial charge in [0.05, 0.1) is 6.04 Å². The molecule has 1 aliphatic heterocycles. The van der Waals surface area contributed by atoms with E-state index in [0.717, 1.165) is 45.6 Å². The van der Waals surface area contributed by atoms with Crippen LogP contribution in [-0.4, -0.2) is 60.5 Å². The van der Waals surface area contributed by atoms with E-state index in [1.54, 1.807) is 0 Å². The van der Waals surface area contributed by atoms with Gasteiger partial charge in [0.2, 0.25) is 5.91 Å². The number of halogens is 1. The van der Waals surface area contributed by atoms with Gasteiger partial charge in [0.1, 0.15) is 5.82 Å². The van der Waals surface area contributed by atoms with Crippen molar-refractivity contribution in [1.82, 2.24) is 15.1 Å². The van der Waals surface area contributed by atoms with Gasteiger partial charge in [-0.1, -0.05) is 19.1 Å². The Morgan fingerprint density at radius 3 is 2.38 bits per heavy atom. The Morgan fingerprint density at radius 2 is 1.79 bits per heavy atom. The van der Waals surface area contributed by atoms with E-state index >= 15 is 0 Å². The largest absolute Gasteiger partial charge is 0.352 e. The fourth-order valence-corrected chi connectivity index (χ4v) is 3.33. The van der Waals surface area contributed by atoms with Crippen LogP contribution in [0.2, 0.25) is 0 Å². The van der Waals surface area contributed by atoms with Crippen LogP contribution in [-0.2, 0) is 4.79 Å². The first-order valence-electron chi connectivity index (χ1n) is 9.05. The lowest BCUT2D eigenvalue weighted by molar-refractivity contribution is -0.126. The molecule has 4 nitrogen and oxygen atoms in total. The van der Waals surface area contributed by atoms with E-state index in [0.29, 0.717) is 12.0 Å². The molecule has 24 heavy (non-hydrogen) atoms. The molecule has 1 saturated heterocycles. The molecule has 1 N–H and O–H groups in total. The van der Waals surface area contributed by atoms with Gasteiger partial charge in [-0.15, -0.1) is 0 Å². The maximum Gasteiger partial charge on any atom is 0.237 e. The molecule has 1 heterocycles. The smallest absolute Gasteiger partial charge is 0.237 e. The Balaban J connectivity index is 1.44. The zero-order chi connectivity index (χ0) is 17.1. The van der Waals surface area contributed by atoms with Crippen LogP contribution in [0.3, 0.4) is 0 Å². The van der Waals surface area contributed by atoms with Gasteiger partial charge in [0, 0.05) is 38.8 Å². The van der Waals surface area contributed by atoms with Crippen molar-refractivity contribution in [3.05, 3.63) is 35.6 Å². The summed E-state index contributed by atoms with van der Waals surface area (Å²) in [7, 11) is 0. The van der Waals surface area contributed by atoms with E-state index < -0.39 is 0 Å². The SMILES string of the molecule is C[C@H](CN1CCN([C@H](C)C(=O)NC2CC2)CC1)c1ccc(F)cc1. The number of hydrogen-bond acceptors (Lipinski definition) is 3. The Kier molecular flexibility index (Phi) is 5.51. The lowest BCUT2D eigenvalue weighted by Crippen LogP contribution is -2.54. The predicted octanol–water partition coefficient (Wildman–Crippen LogP) is 2.21. The van der Waals surface area contributed by atoms with Crippen molar-refractivity contribution in [2.24, 2.45) is 0 Å². The molecular formula is C19H28FN3O. The maximum absolute atomic E-state index is 13.0. The molecule has 1 aliphatic carbocycles. The number of nitrogens with one attached hydrogen (secondary N) is 1. The molecule has 1 saturated carbocycles. The first kappa shape index (κ1) is 17.4. The highest BCUT2D eigenvalue weighted by atomic mass is 19.1. The number of amides is 1. The van der Waals surface area contributed by atoms with Gasteiger partial charge in [-0.05, 0) is 43.4 Å². The summed E-state index contributed by atoms with van der Waals surface area (Å²) in [6.45, 7) is 8.98. The molecule has 0 unspecified atom stereocenters. The number of benzene rings is 1. The molecule has 132 valence electrons. The third-order valence-electron chi connectivity index (χ3n) is 5.23. The molecule has 2 aliphatic rings. The summed E-state index contributed by atoms with van der Waals surface area (Å²) in [5, 5.41) is 3.10. The summed E-state index contributed by atoms with van der Waals surface area (Å²) < 4.78 is 13.0. The van der Waals surface area contributed by atoms with Gasteiger partial charge < -0.3 is 10.2 Å². The summed E-state index contributed by atoms with van der Waals surface area (Å²) in [5.74, 6) is 0.372. The first-order valence-corrected chi connectivity index (χ1v) is 9.05. The highest BCUT2D eigenvalue weighted by molar-refractivity contribution is 5.81. The number of hydrogen-bond donors (Lipinski definition) is 1. The van der Waals surface area contributed by atoms with Gasteiger partial charge in [-0.25, -0.2) is 4.39 Å². The zero-order valence-corrected chi connectivity index (χ0v) is 14.7. The summed E-state index contributed by atoms with van der Waals surface area (Å²) in [5.41, 5.74) is 1.18. The van der Waals surface area contributed by atoms with Crippen LogP contribution in [0.25, 0.3) is 0 Å². The number of rotatable bonds is 6. The minimum atomic E-state index is -0.182. The van der Waals surface area contributed by atoms with E-state index in [9.17, 15) is 9.18 Å². The highest BCUT2D eigenvalue weighted by Gasteiger charge is 2.30. The Morgan fingerprint density at radius 1 is 1.17 bits per heavy atom. The van der Waals surface area contributed by atoms with Crippen molar-refractivity contribution in [2.75, 3.05) is 32.7 Å². The van der Waals surface area contributed by atoms with Gasteiger partial charge in [0.25, 0.3) is 0 Å². The van der Waals surface area contributed by atoms with Crippen molar-refractivity contribution >= 4 is 5.91 Å². The second-order valence-electron chi connectivity index (χ2n) is 7.25. The Hall–Kier alpha value is -1.46. The predicted molar refractivity (Wildman–Crippen MR) is 93.5 cm³/mol. The normalized spacial score (nSPS) is 22.1. The third kappa shape index (κ3) is 4.54. The van der Waals surface area contributed by atoms with Gasteiger partial charge in [0.15, 0.2) is 0 Å². The molecule has 5 heteroatoms. The molecule has 0 spiro atoms. The van der Waals surface area contributed by atoms with E-state index in [4.69, 9.17) is 0 Å². The average Bonchev–Trinajstić information content (AvgIpc) is 3.39. The molecule has 0 bridgehead atoms. The van der Waals surface area contributed by atoms with Crippen molar-refractivity contribution in [2.45, 2.75) is 44.7 Å². The van der Waals surface area contributed by atoms with Crippen LogP contribution in [0.4, 0.5) is 4.39 Å². The lowest BCUT2D eigenvalue weighted by Gasteiger charge is -2.38. The molecule has 1 aromatic rings. The fourth-order valence-electron chi connectivity index (χ4n) is 3.33. The molecule has 0 radical (unpaired) electrons. The van der Waals surface area contributed by atoms with Crippen LogP contribution in [0, 0.1) is 5.82 Å². The zero-order valence-electron chi connectivity index (χ0n) is 14.7. The lowest BCUT2D eigenvalue weighted by atomic mass is 10.0. The standard InChI is InChI=1S/C19H28FN3O/c1-14(16-3-5-17(20)6-4-16)13-22-9-11-23(12-10-22)15(2)19(24)21-18-7-8-18/h3-6,14-15,18H,7-13H2,1-2H3,(H,21,24)/t14-,15-/m1/s1. The molecule has 2 atom stereocenters. The van der Waals surface area contributed by atoms with Crippen LogP contribution >= 0.6 is 0 Å². The van der Waals surface area contributed by atoms with Crippen molar-refractivity contribution < 1.29 is 9.18 Å². The molecular weight excluding hydrogens is 305 g/mol. The van der Waals surface area contributed by atoms with Gasteiger partial charge in [-0.3, -0.25) is 9.69 Å². The average molecular weight is 333 g/mol. The molecule has 1 amide bonds. The first-order chi connectivity index (χ1) is 11.5. The van der Waals surface area contributed by atoms with Crippen molar-refractivity contribution in [1.29, 1.82) is 0 Å². The van der Waals surface area contributed by atoms with Crippen LogP contribution in [0.1, 0.15) is 38.2 Å². The summed E-state index contributed by atoms with van der Waals surface area (Å²) in [4.78, 5) is 16.9. The topological polar surface area (TPSA) is 35.6 Å². The number of carbonyl (C=O) groups is 1. The summed E-state index contributed by atoms with van der Waals surface area (Å²) in [6, 6.07) is 7.20. The molecule has 1 aromatic carbocycles. The molecule has 2 fully saturated rings. The molecule has 0 aromatic heterocycles. The molecule has 3 rings (SSSR count). The minimum Gasteiger partial charge on any atom is -0.352 e. The fraction of sp³-hybridized carbons (Fsp3) is 0.632. The number of piperazine rings is 1. The summed E-state index contributed by atoms with van der Waals surface area (Å²) in [6.07, 6.45) is 2.26.